The largest absolute Gasteiger partial charge is 0.390 e. The number of alkyl halides is 1. The third-order valence-electron chi connectivity index (χ3n) is 3.65. The molecule has 0 atom stereocenters. The van der Waals surface area contributed by atoms with Crippen LogP contribution in [0.15, 0.2) is 0 Å². The highest BCUT2D eigenvalue weighted by atomic mass is 19.1. The van der Waals surface area contributed by atoms with Crippen LogP contribution in [0.1, 0.15) is 38.5 Å². The topological polar surface area (TPSA) is 20.2 Å². The van der Waals surface area contributed by atoms with E-state index in [0.717, 1.165) is 38.5 Å². The molecule has 3 aliphatic rings. The van der Waals surface area contributed by atoms with Gasteiger partial charge in [0.2, 0.25) is 0 Å². The fourth-order valence-corrected chi connectivity index (χ4v) is 2.44. The van der Waals surface area contributed by atoms with Crippen molar-refractivity contribution in [1.29, 1.82) is 0 Å². The molecule has 0 heterocycles. The van der Waals surface area contributed by atoms with Crippen molar-refractivity contribution in [3.63, 3.8) is 0 Å². The molecule has 0 amide bonds. The molecule has 0 aromatic rings. The Bertz CT molecular complexity index is 142. The summed E-state index contributed by atoms with van der Waals surface area (Å²) in [5.74, 6) is 0. The van der Waals surface area contributed by atoms with Crippen molar-refractivity contribution in [3.8, 4) is 0 Å². The molecule has 3 aliphatic carbocycles. The number of aliphatic hydroxyl groups is 1. The first-order valence-electron chi connectivity index (χ1n) is 4.47. The summed E-state index contributed by atoms with van der Waals surface area (Å²) in [5, 5.41) is 9.81. The summed E-state index contributed by atoms with van der Waals surface area (Å²) in [5.41, 5.74) is -0.429. The van der Waals surface area contributed by atoms with Gasteiger partial charge in [0.05, 0.1) is 12.3 Å². The van der Waals surface area contributed by atoms with Gasteiger partial charge in [0.15, 0.2) is 0 Å². The first kappa shape index (κ1) is 7.53. The predicted octanol–water partition coefficient (Wildman–Crippen LogP) is 2.04. The third kappa shape index (κ3) is 1.08. The SMILES string of the molecule is OC12CCC(CF)(CC1)CC2. The van der Waals surface area contributed by atoms with Gasteiger partial charge in [0, 0.05) is 0 Å². The van der Waals surface area contributed by atoms with Gasteiger partial charge in [-0.1, -0.05) is 0 Å². The molecule has 11 heavy (non-hydrogen) atoms. The molecule has 3 rings (SSSR count). The average Bonchev–Trinajstić information content (AvgIpc) is 2.07. The van der Waals surface area contributed by atoms with Crippen LogP contribution in [0.5, 0.6) is 0 Å². The van der Waals surface area contributed by atoms with Crippen LogP contribution in [0.3, 0.4) is 0 Å². The zero-order chi connectivity index (χ0) is 7.95. The van der Waals surface area contributed by atoms with Crippen molar-refractivity contribution >= 4 is 0 Å². The highest BCUT2D eigenvalue weighted by Crippen LogP contribution is 2.52. The van der Waals surface area contributed by atoms with Crippen LogP contribution in [0.25, 0.3) is 0 Å². The highest BCUT2D eigenvalue weighted by molar-refractivity contribution is 4.99. The van der Waals surface area contributed by atoms with E-state index in [-0.39, 0.29) is 12.1 Å². The fraction of sp³-hybridized carbons (Fsp3) is 1.00. The predicted molar refractivity (Wildman–Crippen MR) is 41.1 cm³/mol. The summed E-state index contributed by atoms with van der Waals surface area (Å²) >= 11 is 0. The second-order valence-corrected chi connectivity index (χ2v) is 4.36. The van der Waals surface area contributed by atoms with Crippen molar-refractivity contribution in [1.82, 2.24) is 0 Å². The van der Waals surface area contributed by atoms with E-state index in [4.69, 9.17) is 0 Å². The van der Waals surface area contributed by atoms with Gasteiger partial charge in [-0.3, -0.25) is 4.39 Å². The second kappa shape index (κ2) is 2.19. The minimum absolute atomic E-state index is 0.0233. The molecular formula is C9H15FO. The molecule has 3 saturated carbocycles. The van der Waals surface area contributed by atoms with Crippen LogP contribution < -0.4 is 0 Å². The van der Waals surface area contributed by atoms with Gasteiger partial charge in [0.1, 0.15) is 0 Å². The van der Waals surface area contributed by atoms with Crippen LogP contribution in [-0.4, -0.2) is 17.4 Å². The molecule has 0 spiro atoms. The van der Waals surface area contributed by atoms with Gasteiger partial charge < -0.3 is 5.11 Å². The van der Waals surface area contributed by atoms with Crippen LogP contribution in [0.4, 0.5) is 4.39 Å². The Morgan fingerprint density at radius 3 is 1.82 bits per heavy atom. The van der Waals surface area contributed by atoms with Gasteiger partial charge in [-0.25, -0.2) is 0 Å². The molecule has 0 aromatic carbocycles. The maximum absolute atomic E-state index is 12.6. The quantitative estimate of drug-likeness (QED) is 0.619. The van der Waals surface area contributed by atoms with E-state index in [1.165, 1.54) is 0 Å². The standard InChI is InChI=1S/C9H15FO/c10-7-8-1-4-9(11,5-2-8)6-3-8/h11H,1-7H2. The average molecular weight is 158 g/mol. The summed E-state index contributed by atoms with van der Waals surface area (Å²) in [6, 6.07) is 0. The van der Waals surface area contributed by atoms with Crippen LogP contribution in [0.2, 0.25) is 0 Å². The fourth-order valence-electron chi connectivity index (χ4n) is 2.44. The van der Waals surface area contributed by atoms with Gasteiger partial charge in [-0.15, -0.1) is 0 Å². The van der Waals surface area contributed by atoms with Gasteiger partial charge >= 0.3 is 0 Å². The van der Waals surface area contributed by atoms with Gasteiger partial charge in [-0.05, 0) is 43.9 Å². The van der Waals surface area contributed by atoms with E-state index in [0.29, 0.717) is 0 Å². The molecule has 2 heteroatoms. The highest BCUT2D eigenvalue weighted by Gasteiger charge is 2.47. The first-order chi connectivity index (χ1) is 5.18. The molecule has 0 aromatic heterocycles. The molecule has 1 nitrogen and oxygen atoms in total. The van der Waals surface area contributed by atoms with E-state index >= 15 is 0 Å². The Balaban J connectivity index is 2.12. The van der Waals surface area contributed by atoms with Crippen LogP contribution in [0, 0.1) is 5.41 Å². The Morgan fingerprint density at radius 2 is 1.45 bits per heavy atom. The molecule has 64 valence electrons. The zero-order valence-electron chi connectivity index (χ0n) is 6.77. The van der Waals surface area contributed by atoms with E-state index < -0.39 is 5.60 Å². The molecule has 2 bridgehead atoms. The minimum Gasteiger partial charge on any atom is -0.390 e. The normalized spacial score (nSPS) is 49.6. The Kier molecular flexibility index (Phi) is 1.50. The van der Waals surface area contributed by atoms with Crippen LogP contribution >= 0.6 is 0 Å². The lowest BCUT2D eigenvalue weighted by molar-refractivity contribution is -0.0978. The number of rotatable bonds is 1. The second-order valence-electron chi connectivity index (χ2n) is 4.36. The number of hydrogen-bond donors (Lipinski definition) is 1. The van der Waals surface area contributed by atoms with E-state index in [2.05, 4.69) is 0 Å². The van der Waals surface area contributed by atoms with E-state index in [1.807, 2.05) is 0 Å². The Labute approximate surface area is 66.6 Å². The monoisotopic (exact) mass is 158 g/mol. The lowest BCUT2D eigenvalue weighted by Crippen LogP contribution is -2.46. The number of hydrogen-bond acceptors (Lipinski definition) is 1. The first-order valence-corrected chi connectivity index (χ1v) is 4.47. The lowest BCUT2D eigenvalue weighted by atomic mass is 9.59. The Hall–Kier alpha value is -0.110. The van der Waals surface area contributed by atoms with E-state index in [9.17, 15) is 9.50 Å². The van der Waals surface area contributed by atoms with Crippen molar-refractivity contribution in [2.75, 3.05) is 6.67 Å². The van der Waals surface area contributed by atoms with Crippen molar-refractivity contribution < 1.29 is 9.50 Å². The molecule has 0 saturated heterocycles. The number of fused-ring (bicyclic) bond motifs is 3. The summed E-state index contributed by atoms with van der Waals surface area (Å²) in [6.07, 6.45) is 5.20. The maximum atomic E-state index is 12.6. The Morgan fingerprint density at radius 1 is 1.00 bits per heavy atom. The molecule has 0 radical (unpaired) electrons. The molecule has 3 fully saturated rings. The smallest absolute Gasteiger partial charge is 0.0950 e. The molecule has 0 aliphatic heterocycles. The van der Waals surface area contributed by atoms with E-state index in [1.54, 1.807) is 0 Å². The summed E-state index contributed by atoms with van der Waals surface area (Å²) in [6.45, 7) is -0.178. The van der Waals surface area contributed by atoms with Crippen molar-refractivity contribution in [3.05, 3.63) is 0 Å². The molecule has 1 N–H and O–H groups in total. The summed E-state index contributed by atoms with van der Waals surface area (Å²) in [4.78, 5) is 0. The van der Waals surface area contributed by atoms with Gasteiger partial charge in [0.25, 0.3) is 0 Å². The molecular weight excluding hydrogens is 143 g/mol. The summed E-state index contributed by atoms with van der Waals surface area (Å²) < 4.78 is 12.6. The lowest BCUT2D eigenvalue weighted by Gasteiger charge is -2.49. The third-order valence-corrected chi connectivity index (χ3v) is 3.65. The maximum Gasteiger partial charge on any atom is 0.0950 e. The number of halogens is 1. The summed E-state index contributed by atoms with van der Waals surface area (Å²) in [7, 11) is 0. The zero-order valence-corrected chi connectivity index (χ0v) is 6.77. The molecule has 0 unspecified atom stereocenters. The van der Waals surface area contributed by atoms with Crippen molar-refractivity contribution in [2.24, 2.45) is 5.41 Å². The van der Waals surface area contributed by atoms with Crippen LogP contribution in [-0.2, 0) is 0 Å². The van der Waals surface area contributed by atoms with Crippen molar-refractivity contribution in [2.45, 2.75) is 44.1 Å². The minimum atomic E-state index is -0.406. The van der Waals surface area contributed by atoms with Gasteiger partial charge in [-0.2, -0.15) is 0 Å².